The van der Waals surface area contributed by atoms with Gasteiger partial charge >= 0.3 is 0 Å². The first-order chi connectivity index (χ1) is 8.65. The normalized spacial score (nSPS) is 10.2. The topological polar surface area (TPSA) is 26.3 Å². The van der Waals surface area contributed by atoms with E-state index in [1.807, 2.05) is 0 Å². The number of carbonyl (C=O) groups excluding carboxylic acids is 1. The summed E-state index contributed by atoms with van der Waals surface area (Å²) in [6.45, 7) is 0. The van der Waals surface area contributed by atoms with Gasteiger partial charge in [-0.15, -0.1) is 0 Å². The average Bonchev–Trinajstić information content (AvgIpc) is 2.39. The lowest BCUT2D eigenvalue weighted by Gasteiger charge is -2.07. The summed E-state index contributed by atoms with van der Waals surface area (Å²) in [6.07, 6.45) is 0.490. The predicted octanol–water partition coefficient (Wildman–Crippen LogP) is 3.97. The van der Waals surface area contributed by atoms with Gasteiger partial charge in [0, 0.05) is 0 Å². The van der Waals surface area contributed by atoms with Crippen LogP contribution in [0.15, 0.2) is 36.4 Å². The standard InChI is InChI=1S/C14H10ClFO2/c1-18-14-5-3-10(7-12(14)15)9-2-4-13(16)11(6-9)8-17/h2-8H,1H3. The molecule has 2 nitrogen and oxygen atoms in total. The van der Waals surface area contributed by atoms with Gasteiger partial charge in [0.05, 0.1) is 17.7 Å². The molecule has 0 bridgehead atoms. The van der Waals surface area contributed by atoms with E-state index in [0.29, 0.717) is 17.1 Å². The van der Waals surface area contributed by atoms with Crippen molar-refractivity contribution in [2.24, 2.45) is 0 Å². The van der Waals surface area contributed by atoms with Crippen molar-refractivity contribution in [3.63, 3.8) is 0 Å². The number of carbonyl (C=O) groups is 1. The van der Waals surface area contributed by atoms with Gasteiger partial charge in [-0.05, 0) is 35.4 Å². The van der Waals surface area contributed by atoms with E-state index in [0.717, 1.165) is 11.1 Å². The van der Waals surface area contributed by atoms with Crippen LogP contribution in [-0.2, 0) is 0 Å². The molecule has 18 heavy (non-hydrogen) atoms. The Hall–Kier alpha value is -1.87. The molecule has 0 aliphatic carbocycles. The Morgan fingerprint density at radius 2 is 1.83 bits per heavy atom. The highest BCUT2D eigenvalue weighted by molar-refractivity contribution is 6.32. The maximum atomic E-state index is 13.2. The van der Waals surface area contributed by atoms with Crippen LogP contribution in [0.5, 0.6) is 5.75 Å². The summed E-state index contributed by atoms with van der Waals surface area (Å²) in [5, 5.41) is 0.465. The largest absolute Gasteiger partial charge is 0.495 e. The molecule has 0 radical (unpaired) electrons. The van der Waals surface area contributed by atoms with Crippen LogP contribution in [0, 0.1) is 5.82 Å². The first kappa shape index (κ1) is 12.6. The van der Waals surface area contributed by atoms with E-state index in [1.54, 1.807) is 24.3 Å². The van der Waals surface area contributed by atoms with Crippen molar-refractivity contribution in [2.45, 2.75) is 0 Å². The maximum absolute atomic E-state index is 13.2. The van der Waals surface area contributed by atoms with Crippen LogP contribution in [0.2, 0.25) is 5.02 Å². The Morgan fingerprint density at radius 3 is 2.44 bits per heavy atom. The Balaban J connectivity index is 2.48. The zero-order chi connectivity index (χ0) is 13.1. The molecule has 0 amide bonds. The molecular formula is C14H10ClFO2. The molecule has 2 rings (SSSR count). The molecule has 0 saturated heterocycles. The minimum atomic E-state index is -0.534. The van der Waals surface area contributed by atoms with Crippen molar-refractivity contribution in [3.8, 4) is 16.9 Å². The van der Waals surface area contributed by atoms with Crippen molar-refractivity contribution in [2.75, 3.05) is 7.11 Å². The minimum Gasteiger partial charge on any atom is -0.495 e. The smallest absolute Gasteiger partial charge is 0.153 e. The van der Waals surface area contributed by atoms with Gasteiger partial charge in [-0.1, -0.05) is 23.7 Å². The fourth-order valence-corrected chi connectivity index (χ4v) is 1.92. The third kappa shape index (κ3) is 2.36. The Morgan fingerprint density at radius 1 is 1.17 bits per heavy atom. The monoisotopic (exact) mass is 264 g/mol. The molecule has 0 atom stereocenters. The van der Waals surface area contributed by atoms with Crippen LogP contribution in [-0.4, -0.2) is 13.4 Å². The Labute approximate surface area is 109 Å². The highest BCUT2D eigenvalue weighted by Gasteiger charge is 2.07. The molecule has 0 fully saturated rings. The Bertz CT molecular complexity index is 596. The third-order valence-electron chi connectivity index (χ3n) is 2.61. The molecule has 0 spiro atoms. The second-order valence-corrected chi connectivity index (χ2v) is 4.11. The van der Waals surface area contributed by atoms with Crippen LogP contribution in [0.4, 0.5) is 4.39 Å². The summed E-state index contributed by atoms with van der Waals surface area (Å²) >= 11 is 6.02. The van der Waals surface area contributed by atoms with Crippen molar-refractivity contribution < 1.29 is 13.9 Å². The number of methoxy groups -OCH3 is 1. The number of hydrogen-bond donors (Lipinski definition) is 0. The molecule has 4 heteroatoms. The fraction of sp³-hybridized carbons (Fsp3) is 0.0714. The van der Waals surface area contributed by atoms with Crippen molar-refractivity contribution in [3.05, 3.63) is 52.8 Å². The summed E-state index contributed by atoms with van der Waals surface area (Å²) < 4.78 is 18.3. The van der Waals surface area contributed by atoms with Gasteiger partial charge in [-0.25, -0.2) is 4.39 Å². The quantitative estimate of drug-likeness (QED) is 0.784. The summed E-state index contributed by atoms with van der Waals surface area (Å²) in [6, 6.07) is 9.58. The van der Waals surface area contributed by atoms with Crippen molar-refractivity contribution >= 4 is 17.9 Å². The van der Waals surface area contributed by atoms with Gasteiger partial charge < -0.3 is 4.74 Å². The first-order valence-corrected chi connectivity index (χ1v) is 5.62. The van der Waals surface area contributed by atoms with Gasteiger partial charge in [0.25, 0.3) is 0 Å². The average molecular weight is 265 g/mol. The molecule has 0 N–H and O–H groups in total. The Kier molecular flexibility index (Phi) is 3.63. The highest BCUT2D eigenvalue weighted by Crippen LogP contribution is 2.30. The summed E-state index contributed by atoms with van der Waals surface area (Å²) in [5.74, 6) is 0.0338. The molecular weight excluding hydrogens is 255 g/mol. The predicted molar refractivity (Wildman–Crippen MR) is 68.8 cm³/mol. The lowest BCUT2D eigenvalue weighted by atomic mass is 10.0. The van der Waals surface area contributed by atoms with Crippen LogP contribution >= 0.6 is 11.6 Å². The van der Waals surface area contributed by atoms with E-state index in [2.05, 4.69) is 0 Å². The van der Waals surface area contributed by atoms with E-state index in [1.165, 1.54) is 19.2 Å². The zero-order valence-electron chi connectivity index (χ0n) is 9.61. The number of rotatable bonds is 3. The summed E-state index contributed by atoms with van der Waals surface area (Å²) in [5.41, 5.74) is 1.55. The molecule has 0 heterocycles. The van der Waals surface area contributed by atoms with Crippen LogP contribution in [0.3, 0.4) is 0 Å². The summed E-state index contributed by atoms with van der Waals surface area (Å²) in [7, 11) is 1.53. The maximum Gasteiger partial charge on any atom is 0.153 e. The van der Waals surface area contributed by atoms with Gasteiger partial charge in [0.15, 0.2) is 6.29 Å². The number of aldehydes is 1. The molecule has 0 aromatic heterocycles. The lowest BCUT2D eigenvalue weighted by Crippen LogP contribution is -1.89. The van der Waals surface area contributed by atoms with Gasteiger partial charge in [-0.3, -0.25) is 4.79 Å². The minimum absolute atomic E-state index is 0.0273. The van der Waals surface area contributed by atoms with E-state index >= 15 is 0 Å². The van der Waals surface area contributed by atoms with Crippen molar-refractivity contribution in [1.29, 1.82) is 0 Å². The number of benzene rings is 2. The van der Waals surface area contributed by atoms with Gasteiger partial charge in [-0.2, -0.15) is 0 Å². The first-order valence-electron chi connectivity index (χ1n) is 5.24. The molecule has 2 aromatic rings. The van der Waals surface area contributed by atoms with Gasteiger partial charge in [0.2, 0.25) is 0 Å². The van der Waals surface area contributed by atoms with Gasteiger partial charge in [0.1, 0.15) is 11.6 Å². The van der Waals surface area contributed by atoms with E-state index < -0.39 is 5.82 Å². The molecule has 0 saturated carbocycles. The molecule has 92 valence electrons. The number of halogens is 2. The molecule has 0 unspecified atom stereocenters. The molecule has 0 aliphatic heterocycles. The second-order valence-electron chi connectivity index (χ2n) is 3.70. The highest BCUT2D eigenvalue weighted by atomic mass is 35.5. The van der Waals surface area contributed by atoms with E-state index in [9.17, 15) is 9.18 Å². The van der Waals surface area contributed by atoms with Crippen molar-refractivity contribution in [1.82, 2.24) is 0 Å². The molecule has 2 aromatic carbocycles. The van der Waals surface area contributed by atoms with E-state index in [4.69, 9.17) is 16.3 Å². The van der Waals surface area contributed by atoms with Crippen LogP contribution < -0.4 is 4.74 Å². The number of ether oxygens (including phenoxy) is 1. The summed E-state index contributed by atoms with van der Waals surface area (Å²) in [4.78, 5) is 10.7. The van der Waals surface area contributed by atoms with Crippen LogP contribution in [0.1, 0.15) is 10.4 Å². The van der Waals surface area contributed by atoms with Crippen LogP contribution in [0.25, 0.3) is 11.1 Å². The fourth-order valence-electron chi connectivity index (χ4n) is 1.66. The lowest BCUT2D eigenvalue weighted by molar-refractivity contribution is 0.112. The number of hydrogen-bond acceptors (Lipinski definition) is 2. The molecule has 0 aliphatic rings. The second kappa shape index (κ2) is 5.19. The SMILES string of the molecule is COc1ccc(-c2ccc(F)c(C=O)c2)cc1Cl. The zero-order valence-corrected chi connectivity index (χ0v) is 10.4. The van der Waals surface area contributed by atoms with E-state index in [-0.39, 0.29) is 5.56 Å². The third-order valence-corrected chi connectivity index (χ3v) is 2.90.